The second-order valence-electron chi connectivity index (χ2n) is 2.93. The number of amides is 1. The number of nitrogens with one attached hydrogen (secondary N) is 2. The van der Waals surface area contributed by atoms with Crippen LogP contribution in [0.4, 0.5) is 5.82 Å². The predicted molar refractivity (Wildman–Crippen MR) is 68.3 cm³/mol. The van der Waals surface area contributed by atoms with Crippen LogP contribution in [-0.4, -0.2) is 16.1 Å². The van der Waals surface area contributed by atoms with Crippen molar-refractivity contribution in [2.24, 2.45) is 0 Å². The highest BCUT2D eigenvalue weighted by atomic mass is 79.9. The van der Waals surface area contributed by atoms with Crippen LogP contribution in [0, 0.1) is 0 Å². The zero-order chi connectivity index (χ0) is 11.4. The van der Waals surface area contributed by atoms with Gasteiger partial charge >= 0.3 is 0 Å². The van der Waals surface area contributed by atoms with Crippen molar-refractivity contribution in [2.45, 2.75) is 0 Å². The van der Waals surface area contributed by atoms with Gasteiger partial charge < -0.3 is 5.32 Å². The molecule has 0 saturated heterocycles. The van der Waals surface area contributed by atoms with Crippen molar-refractivity contribution in [1.29, 1.82) is 0 Å². The summed E-state index contributed by atoms with van der Waals surface area (Å²) >= 11 is 4.93. The van der Waals surface area contributed by atoms with Crippen molar-refractivity contribution in [3.63, 3.8) is 0 Å². The van der Waals surface area contributed by atoms with E-state index in [0.717, 1.165) is 8.66 Å². The highest BCUT2D eigenvalue weighted by Gasteiger charge is 1.98. The summed E-state index contributed by atoms with van der Waals surface area (Å²) in [5.41, 5.74) is 0. The summed E-state index contributed by atoms with van der Waals surface area (Å²) in [6.45, 7) is 0. The summed E-state index contributed by atoms with van der Waals surface area (Å²) in [7, 11) is 0. The minimum absolute atomic E-state index is 0.186. The topological polar surface area (TPSA) is 57.8 Å². The molecule has 0 spiro atoms. The van der Waals surface area contributed by atoms with Gasteiger partial charge in [0.15, 0.2) is 0 Å². The molecule has 0 saturated carbocycles. The zero-order valence-electron chi connectivity index (χ0n) is 8.11. The molecule has 6 heteroatoms. The van der Waals surface area contributed by atoms with E-state index in [-0.39, 0.29) is 5.91 Å². The molecule has 2 N–H and O–H groups in total. The molecule has 2 aromatic heterocycles. The second-order valence-corrected chi connectivity index (χ2v) is 5.43. The normalized spacial score (nSPS) is 10.8. The van der Waals surface area contributed by atoms with Gasteiger partial charge in [-0.2, -0.15) is 5.10 Å². The minimum atomic E-state index is -0.186. The average molecular weight is 298 g/mol. The molecule has 1 amide bonds. The molecular weight excluding hydrogens is 290 g/mol. The van der Waals surface area contributed by atoms with Crippen LogP contribution in [0.3, 0.4) is 0 Å². The molecule has 4 nitrogen and oxygen atoms in total. The first-order chi connectivity index (χ1) is 7.74. The Kier molecular flexibility index (Phi) is 3.53. The number of nitrogens with zero attached hydrogens (tertiary/aromatic N) is 1. The number of carbonyl (C=O) groups excluding carboxylic acids is 1. The highest BCUT2D eigenvalue weighted by Crippen LogP contribution is 2.22. The van der Waals surface area contributed by atoms with Crippen LogP contribution in [0.25, 0.3) is 6.08 Å². The van der Waals surface area contributed by atoms with Gasteiger partial charge in [-0.3, -0.25) is 9.89 Å². The molecule has 0 aromatic carbocycles. The van der Waals surface area contributed by atoms with E-state index in [2.05, 4.69) is 31.4 Å². The van der Waals surface area contributed by atoms with E-state index in [1.54, 1.807) is 29.7 Å². The van der Waals surface area contributed by atoms with Crippen LogP contribution < -0.4 is 5.32 Å². The third-order valence-electron chi connectivity index (χ3n) is 1.75. The number of rotatable bonds is 3. The SMILES string of the molecule is O=C(/C=C/c1ccc(Br)s1)Nc1ccn[nH]1. The number of thiophene rings is 1. The number of carbonyl (C=O) groups is 1. The van der Waals surface area contributed by atoms with Crippen LogP contribution in [0.5, 0.6) is 0 Å². The van der Waals surface area contributed by atoms with Gasteiger partial charge in [0.1, 0.15) is 5.82 Å². The van der Waals surface area contributed by atoms with Crippen molar-refractivity contribution in [3.05, 3.63) is 39.1 Å². The molecule has 0 radical (unpaired) electrons. The zero-order valence-corrected chi connectivity index (χ0v) is 10.5. The van der Waals surface area contributed by atoms with Crippen molar-refractivity contribution in [2.75, 3.05) is 5.32 Å². The Balaban J connectivity index is 1.94. The molecule has 0 aliphatic heterocycles. The number of anilines is 1. The van der Waals surface area contributed by atoms with Gasteiger partial charge in [0.25, 0.3) is 0 Å². The fourth-order valence-electron chi connectivity index (χ4n) is 1.08. The maximum absolute atomic E-state index is 11.4. The summed E-state index contributed by atoms with van der Waals surface area (Å²) in [6.07, 6.45) is 4.83. The van der Waals surface area contributed by atoms with Crippen LogP contribution in [0.1, 0.15) is 4.88 Å². The van der Waals surface area contributed by atoms with Gasteiger partial charge in [0.05, 0.1) is 9.98 Å². The summed E-state index contributed by atoms with van der Waals surface area (Å²) in [5, 5.41) is 9.03. The second kappa shape index (κ2) is 5.09. The van der Waals surface area contributed by atoms with Gasteiger partial charge in [-0.05, 0) is 34.1 Å². The summed E-state index contributed by atoms with van der Waals surface area (Å²) in [4.78, 5) is 12.5. The monoisotopic (exact) mass is 297 g/mol. The Bertz CT molecular complexity index is 504. The van der Waals surface area contributed by atoms with Gasteiger partial charge in [-0.25, -0.2) is 0 Å². The predicted octanol–water partition coefficient (Wildman–Crippen LogP) is 2.89. The van der Waals surface area contributed by atoms with Crippen molar-refractivity contribution >= 4 is 45.1 Å². The maximum atomic E-state index is 11.4. The Morgan fingerprint density at radius 1 is 1.50 bits per heavy atom. The third-order valence-corrected chi connectivity index (χ3v) is 3.34. The molecule has 0 aliphatic rings. The van der Waals surface area contributed by atoms with Gasteiger partial charge in [-0.15, -0.1) is 11.3 Å². The molecule has 82 valence electrons. The van der Waals surface area contributed by atoms with Gasteiger partial charge in [0, 0.05) is 17.0 Å². The lowest BCUT2D eigenvalue weighted by Crippen LogP contribution is -2.07. The van der Waals surface area contributed by atoms with E-state index in [9.17, 15) is 4.79 Å². The molecule has 0 unspecified atom stereocenters. The number of hydrogen-bond acceptors (Lipinski definition) is 3. The van der Waals surface area contributed by atoms with Gasteiger partial charge in [0.2, 0.25) is 5.91 Å². The maximum Gasteiger partial charge on any atom is 0.249 e. The minimum Gasteiger partial charge on any atom is -0.307 e. The van der Waals surface area contributed by atoms with Crippen LogP contribution in [-0.2, 0) is 4.79 Å². The molecule has 16 heavy (non-hydrogen) atoms. The lowest BCUT2D eigenvalue weighted by molar-refractivity contribution is -0.111. The Morgan fingerprint density at radius 3 is 3.00 bits per heavy atom. The molecular formula is C10H8BrN3OS. The quantitative estimate of drug-likeness (QED) is 0.856. The Hall–Kier alpha value is -1.40. The van der Waals surface area contributed by atoms with Crippen LogP contribution in [0.15, 0.2) is 34.3 Å². The first-order valence-corrected chi connectivity index (χ1v) is 6.09. The molecule has 2 heterocycles. The van der Waals surface area contributed by atoms with E-state index in [1.165, 1.54) is 6.08 Å². The van der Waals surface area contributed by atoms with Gasteiger partial charge in [-0.1, -0.05) is 0 Å². The standard InChI is InChI=1S/C10H8BrN3OS/c11-8-3-1-7(16-8)2-4-10(15)13-9-5-6-12-14-9/h1-6H,(H2,12,13,14,15)/b4-2+. The first-order valence-electron chi connectivity index (χ1n) is 4.48. The number of H-pyrrole nitrogens is 1. The fourth-order valence-corrected chi connectivity index (χ4v) is 2.40. The van der Waals surface area contributed by atoms with E-state index in [4.69, 9.17) is 0 Å². The number of hydrogen-bond donors (Lipinski definition) is 2. The van der Waals surface area contributed by atoms with E-state index < -0.39 is 0 Å². The number of aromatic amines is 1. The first kappa shape index (κ1) is 11.1. The van der Waals surface area contributed by atoms with E-state index >= 15 is 0 Å². The third kappa shape index (κ3) is 3.04. The van der Waals surface area contributed by atoms with E-state index in [0.29, 0.717) is 5.82 Å². The fraction of sp³-hybridized carbons (Fsp3) is 0. The van der Waals surface area contributed by atoms with E-state index in [1.807, 2.05) is 12.1 Å². The Morgan fingerprint density at radius 2 is 2.38 bits per heavy atom. The smallest absolute Gasteiger partial charge is 0.249 e. The van der Waals surface area contributed by atoms with Crippen molar-refractivity contribution in [1.82, 2.24) is 10.2 Å². The van der Waals surface area contributed by atoms with Crippen molar-refractivity contribution in [3.8, 4) is 0 Å². The summed E-state index contributed by atoms with van der Waals surface area (Å²) in [5.74, 6) is 0.399. The molecule has 0 aliphatic carbocycles. The van der Waals surface area contributed by atoms with Crippen molar-refractivity contribution < 1.29 is 4.79 Å². The lowest BCUT2D eigenvalue weighted by Gasteiger charge is -1.95. The molecule has 2 rings (SSSR count). The number of halogens is 1. The van der Waals surface area contributed by atoms with Crippen LogP contribution >= 0.6 is 27.3 Å². The summed E-state index contributed by atoms with van der Waals surface area (Å²) < 4.78 is 1.04. The Labute approximate surface area is 105 Å². The lowest BCUT2D eigenvalue weighted by atomic mass is 10.4. The highest BCUT2D eigenvalue weighted by molar-refractivity contribution is 9.11. The van der Waals surface area contributed by atoms with Crippen LogP contribution in [0.2, 0.25) is 0 Å². The largest absolute Gasteiger partial charge is 0.307 e. The number of aromatic nitrogens is 2. The average Bonchev–Trinajstić information content (AvgIpc) is 2.87. The molecule has 0 fully saturated rings. The molecule has 0 atom stereocenters. The molecule has 0 bridgehead atoms. The molecule has 2 aromatic rings. The summed E-state index contributed by atoms with van der Waals surface area (Å²) in [6, 6.07) is 5.57.